The van der Waals surface area contributed by atoms with E-state index in [-0.39, 0.29) is 0 Å². The summed E-state index contributed by atoms with van der Waals surface area (Å²) in [6.45, 7) is 0. The largest absolute Gasteiger partial charge is 0.235 e. The van der Waals surface area contributed by atoms with Crippen LogP contribution in [0, 0.1) is 0 Å². The SMILES string of the molecule is ClCc1nc(Cl)c(Br)c(C2CC2)n1. The number of alkyl halides is 1. The maximum atomic E-state index is 5.91. The summed E-state index contributed by atoms with van der Waals surface area (Å²) in [5.74, 6) is 1.47. The predicted molar refractivity (Wildman–Crippen MR) is 56.3 cm³/mol. The molecule has 1 aromatic heterocycles. The first-order chi connectivity index (χ1) is 6.22. The molecule has 0 atom stereocenters. The summed E-state index contributed by atoms with van der Waals surface area (Å²) in [6.07, 6.45) is 2.38. The molecule has 1 aliphatic carbocycles. The lowest BCUT2D eigenvalue weighted by Gasteiger charge is -2.04. The molecule has 0 aliphatic heterocycles. The topological polar surface area (TPSA) is 25.8 Å². The van der Waals surface area contributed by atoms with E-state index in [2.05, 4.69) is 25.9 Å². The second-order valence-electron chi connectivity index (χ2n) is 3.04. The second-order valence-corrected chi connectivity index (χ2v) is 4.46. The molecule has 5 heteroatoms. The van der Waals surface area contributed by atoms with Crippen molar-refractivity contribution in [1.82, 2.24) is 9.97 Å². The van der Waals surface area contributed by atoms with Gasteiger partial charge in [0.05, 0.1) is 16.0 Å². The van der Waals surface area contributed by atoms with Crippen LogP contribution in [0.25, 0.3) is 0 Å². The Balaban J connectivity index is 2.46. The van der Waals surface area contributed by atoms with Gasteiger partial charge in [-0.05, 0) is 28.8 Å². The Bertz CT molecular complexity index is 339. The van der Waals surface area contributed by atoms with Gasteiger partial charge in [0.1, 0.15) is 11.0 Å². The van der Waals surface area contributed by atoms with Crippen LogP contribution in [-0.2, 0) is 5.88 Å². The van der Waals surface area contributed by atoms with E-state index in [0.29, 0.717) is 22.8 Å². The van der Waals surface area contributed by atoms with Gasteiger partial charge in [0.25, 0.3) is 0 Å². The third-order valence-electron chi connectivity index (χ3n) is 1.97. The first kappa shape index (κ1) is 9.69. The van der Waals surface area contributed by atoms with Crippen molar-refractivity contribution >= 4 is 39.1 Å². The molecular weight excluding hydrogens is 275 g/mol. The van der Waals surface area contributed by atoms with Crippen LogP contribution in [0.1, 0.15) is 30.3 Å². The molecule has 1 aromatic rings. The van der Waals surface area contributed by atoms with Crippen LogP contribution in [0.15, 0.2) is 4.47 Å². The molecule has 0 aromatic carbocycles. The lowest BCUT2D eigenvalue weighted by Crippen LogP contribution is -1.98. The highest BCUT2D eigenvalue weighted by atomic mass is 79.9. The minimum absolute atomic E-state index is 0.312. The van der Waals surface area contributed by atoms with Gasteiger partial charge in [-0.1, -0.05) is 11.6 Å². The Morgan fingerprint density at radius 1 is 1.38 bits per heavy atom. The zero-order chi connectivity index (χ0) is 9.42. The van der Waals surface area contributed by atoms with Gasteiger partial charge in [-0.25, -0.2) is 9.97 Å². The number of hydrogen-bond acceptors (Lipinski definition) is 2. The summed E-state index contributed by atoms with van der Waals surface area (Å²) < 4.78 is 0.825. The van der Waals surface area contributed by atoms with E-state index in [1.807, 2.05) is 0 Å². The summed E-state index contributed by atoms with van der Waals surface area (Å²) in [5.41, 5.74) is 1.01. The minimum atomic E-state index is 0.312. The van der Waals surface area contributed by atoms with Crippen LogP contribution in [-0.4, -0.2) is 9.97 Å². The van der Waals surface area contributed by atoms with Gasteiger partial charge in [-0.3, -0.25) is 0 Å². The van der Waals surface area contributed by atoms with Gasteiger partial charge in [0.2, 0.25) is 0 Å². The van der Waals surface area contributed by atoms with E-state index in [0.717, 1.165) is 10.2 Å². The molecule has 0 bridgehead atoms. The van der Waals surface area contributed by atoms with Gasteiger partial charge in [-0.2, -0.15) is 0 Å². The molecule has 0 saturated heterocycles. The third kappa shape index (κ3) is 1.97. The Morgan fingerprint density at radius 3 is 2.62 bits per heavy atom. The van der Waals surface area contributed by atoms with E-state index >= 15 is 0 Å². The molecule has 70 valence electrons. The van der Waals surface area contributed by atoms with Crippen LogP contribution < -0.4 is 0 Å². The van der Waals surface area contributed by atoms with E-state index in [4.69, 9.17) is 23.2 Å². The molecule has 2 nitrogen and oxygen atoms in total. The lowest BCUT2D eigenvalue weighted by molar-refractivity contribution is 0.918. The average molecular weight is 282 g/mol. The zero-order valence-corrected chi connectivity index (χ0v) is 9.82. The van der Waals surface area contributed by atoms with Crippen molar-refractivity contribution in [2.75, 3.05) is 0 Å². The van der Waals surface area contributed by atoms with Crippen LogP contribution >= 0.6 is 39.1 Å². The quantitative estimate of drug-likeness (QED) is 0.612. The first-order valence-corrected chi connectivity index (χ1v) is 5.70. The normalized spacial score (nSPS) is 16.2. The Labute approximate surface area is 94.8 Å². The molecular formula is C8H7BrCl2N2. The first-order valence-electron chi connectivity index (χ1n) is 4.00. The van der Waals surface area contributed by atoms with Crippen molar-refractivity contribution in [2.45, 2.75) is 24.6 Å². The second kappa shape index (κ2) is 3.71. The van der Waals surface area contributed by atoms with Gasteiger partial charge < -0.3 is 0 Å². The van der Waals surface area contributed by atoms with E-state index < -0.39 is 0 Å². The molecule has 2 rings (SSSR count). The van der Waals surface area contributed by atoms with E-state index in [9.17, 15) is 0 Å². The average Bonchev–Trinajstić information content (AvgIpc) is 2.92. The lowest BCUT2D eigenvalue weighted by atomic mass is 10.3. The smallest absolute Gasteiger partial charge is 0.147 e. The highest BCUT2D eigenvalue weighted by Crippen LogP contribution is 2.43. The summed E-state index contributed by atoms with van der Waals surface area (Å²) in [5, 5.41) is 0.465. The predicted octanol–water partition coefficient (Wildman–Crippen LogP) is 3.51. The van der Waals surface area contributed by atoms with Crippen LogP contribution in [0.5, 0.6) is 0 Å². The Hall–Kier alpha value is 0.140. The zero-order valence-electron chi connectivity index (χ0n) is 6.73. The van der Waals surface area contributed by atoms with Crippen LogP contribution in [0.2, 0.25) is 5.15 Å². The Morgan fingerprint density at radius 2 is 2.08 bits per heavy atom. The molecule has 1 saturated carbocycles. The van der Waals surface area contributed by atoms with Gasteiger partial charge in [-0.15, -0.1) is 11.6 Å². The fourth-order valence-corrected chi connectivity index (χ4v) is 1.98. The van der Waals surface area contributed by atoms with Crippen molar-refractivity contribution in [1.29, 1.82) is 0 Å². The molecule has 0 radical (unpaired) electrons. The molecule has 1 heterocycles. The summed E-state index contributed by atoms with van der Waals surface area (Å²) >= 11 is 14.9. The van der Waals surface area contributed by atoms with Crippen molar-refractivity contribution in [3.05, 3.63) is 21.1 Å². The highest BCUT2D eigenvalue weighted by Gasteiger charge is 2.28. The van der Waals surface area contributed by atoms with E-state index in [1.54, 1.807) is 0 Å². The molecule has 13 heavy (non-hydrogen) atoms. The number of nitrogens with zero attached hydrogens (tertiary/aromatic N) is 2. The fraction of sp³-hybridized carbons (Fsp3) is 0.500. The molecule has 1 fully saturated rings. The molecule has 0 unspecified atom stereocenters. The number of rotatable bonds is 2. The summed E-state index contributed by atoms with van der Waals surface area (Å²) in [6, 6.07) is 0. The van der Waals surface area contributed by atoms with Crippen LogP contribution in [0.4, 0.5) is 0 Å². The maximum Gasteiger partial charge on any atom is 0.147 e. The number of aromatic nitrogens is 2. The third-order valence-corrected chi connectivity index (χ3v) is 3.49. The molecule has 0 N–H and O–H groups in total. The van der Waals surface area contributed by atoms with Gasteiger partial charge >= 0.3 is 0 Å². The number of halogens is 3. The monoisotopic (exact) mass is 280 g/mol. The van der Waals surface area contributed by atoms with Crippen molar-refractivity contribution < 1.29 is 0 Å². The maximum absolute atomic E-state index is 5.91. The molecule has 1 aliphatic rings. The van der Waals surface area contributed by atoms with Crippen LogP contribution in [0.3, 0.4) is 0 Å². The van der Waals surface area contributed by atoms with E-state index in [1.165, 1.54) is 12.8 Å². The van der Waals surface area contributed by atoms with Gasteiger partial charge in [0, 0.05) is 5.92 Å². The molecule has 0 amide bonds. The highest BCUT2D eigenvalue weighted by molar-refractivity contribution is 9.10. The summed E-state index contributed by atoms with van der Waals surface area (Å²) in [4.78, 5) is 8.38. The summed E-state index contributed by atoms with van der Waals surface area (Å²) in [7, 11) is 0. The molecule has 0 spiro atoms. The van der Waals surface area contributed by atoms with Crippen molar-refractivity contribution in [3.63, 3.8) is 0 Å². The Kier molecular flexibility index (Phi) is 2.77. The fourth-order valence-electron chi connectivity index (χ4n) is 1.17. The van der Waals surface area contributed by atoms with Crippen molar-refractivity contribution in [3.8, 4) is 0 Å². The van der Waals surface area contributed by atoms with Crippen molar-refractivity contribution in [2.24, 2.45) is 0 Å². The number of hydrogen-bond donors (Lipinski definition) is 0. The van der Waals surface area contributed by atoms with Gasteiger partial charge in [0.15, 0.2) is 0 Å². The standard InChI is InChI=1S/C8H7BrCl2N2/c9-6-7(4-1-2-4)12-5(3-10)13-8(6)11/h4H,1-3H2. The minimum Gasteiger partial charge on any atom is -0.235 e.